The van der Waals surface area contributed by atoms with Crippen molar-refractivity contribution in [1.82, 2.24) is 14.9 Å². The zero-order valence-electron chi connectivity index (χ0n) is 11.0. The Balaban J connectivity index is 2.07. The Bertz CT molecular complexity index is 291. The maximum Gasteiger partial charge on any atom is 0.105 e. The molecule has 3 heteroatoms. The van der Waals surface area contributed by atoms with E-state index in [1.807, 2.05) is 6.20 Å². The van der Waals surface area contributed by atoms with Gasteiger partial charge in [0.25, 0.3) is 0 Å². The van der Waals surface area contributed by atoms with E-state index in [1.165, 1.54) is 12.8 Å². The van der Waals surface area contributed by atoms with Crippen molar-refractivity contribution in [3.8, 4) is 0 Å². The number of hydrogen-bond donors (Lipinski definition) is 1. The molecule has 0 saturated heterocycles. The Morgan fingerprint density at radius 3 is 2.62 bits per heavy atom. The first-order chi connectivity index (χ1) is 7.61. The highest BCUT2D eigenvalue weighted by molar-refractivity contribution is 4.87. The molecule has 1 unspecified atom stereocenters. The topological polar surface area (TPSA) is 29.9 Å². The maximum absolute atomic E-state index is 4.21. The molecule has 0 radical (unpaired) electrons. The first-order valence-corrected chi connectivity index (χ1v) is 6.32. The highest BCUT2D eigenvalue weighted by Crippen LogP contribution is 2.02. The summed E-state index contributed by atoms with van der Waals surface area (Å²) in [5, 5.41) is 3.55. The van der Waals surface area contributed by atoms with Crippen LogP contribution in [0.1, 0.15) is 39.4 Å². The first kappa shape index (κ1) is 13.2. The largest absolute Gasteiger partial charge is 0.335 e. The van der Waals surface area contributed by atoms with Gasteiger partial charge in [-0.2, -0.15) is 0 Å². The maximum atomic E-state index is 4.21. The summed E-state index contributed by atoms with van der Waals surface area (Å²) in [6.45, 7) is 11.0. The van der Waals surface area contributed by atoms with Gasteiger partial charge in [-0.25, -0.2) is 4.98 Å². The summed E-state index contributed by atoms with van der Waals surface area (Å²) in [6, 6.07) is 0.620. The van der Waals surface area contributed by atoms with Crippen LogP contribution in [0, 0.1) is 12.8 Å². The summed E-state index contributed by atoms with van der Waals surface area (Å²) in [4.78, 5) is 4.21. The first-order valence-electron chi connectivity index (χ1n) is 6.32. The molecule has 0 saturated carbocycles. The Morgan fingerprint density at radius 1 is 1.31 bits per heavy atom. The van der Waals surface area contributed by atoms with Crippen LogP contribution in [-0.2, 0) is 6.54 Å². The van der Waals surface area contributed by atoms with E-state index in [0.29, 0.717) is 6.04 Å². The smallest absolute Gasteiger partial charge is 0.105 e. The summed E-state index contributed by atoms with van der Waals surface area (Å²) < 4.78 is 2.21. The average molecular weight is 223 g/mol. The number of aryl methyl sites for hydroxylation is 2. The Kier molecular flexibility index (Phi) is 5.53. The number of rotatable bonds is 7. The van der Waals surface area contributed by atoms with Gasteiger partial charge in [-0.05, 0) is 39.2 Å². The van der Waals surface area contributed by atoms with Crippen LogP contribution in [-0.4, -0.2) is 22.1 Å². The molecule has 0 aliphatic rings. The van der Waals surface area contributed by atoms with E-state index in [4.69, 9.17) is 0 Å². The van der Waals surface area contributed by atoms with Crippen molar-refractivity contribution in [1.29, 1.82) is 0 Å². The molecular weight excluding hydrogens is 198 g/mol. The third-order valence-corrected chi connectivity index (χ3v) is 3.22. The van der Waals surface area contributed by atoms with Gasteiger partial charge in [-0.15, -0.1) is 0 Å². The molecule has 0 fully saturated rings. The van der Waals surface area contributed by atoms with Gasteiger partial charge in [0, 0.05) is 25.0 Å². The van der Waals surface area contributed by atoms with E-state index < -0.39 is 0 Å². The zero-order valence-corrected chi connectivity index (χ0v) is 11.0. The van der Waals surface area contributed by atoms with Gasteiger partial charge in [0.2, 0.25) is 0 Å². The predicted octanol–water partition coefficient (Wildman–Crippen LogP) is 2.61. The third-order valence-electron chi connectivity index (χ3n) is 3.22. The highest BCUT2D eigenvalue weighted by Gasteiger charge is 2.04. The molecule has 1 heterocycles. The van der Waals surface area contributed by atoms with Crippen molar-refractivity contribution >= 4 is 0 Å². The Hall–Kier alpha value is -0.830. The molecule has 92 valence electrons. The minimum atomic E-state index is 0.620. The van der Waals surface area contributed by atoms with Crippen LogP contribution in [0.4, 0.5) is 0 Å². The number of unbranched alkanes of at least 4 members (excludes halogenated alkanes) is 1. The second kappa shape index (κ2) is 6.69. The fourth-order valence-electron chi connectivity index (χ4n) is 1.61. The molecule has 0 aliphatic carbocycles. The fraction of sp³-hybridized carbons (Fsp3) is 0.769. The Labute approximate surface area is 99.3 Å². The standard InChI is InChI=1S/C13H25N3/c1-11(2)12(3)14-7-5-6-9-16-10-8-15-13(16)4/h8,10-12,14H,5-7,9H2,1-4H3. The van der Waals surface area contributed by atoms with Gasteiger partial charge in [-0.1, -0.05) is 13.8 Å². The summed E-state index contributed by atoms with van der Waals surface area (Å²) in [5.74, 6) is 1.83. The molecule has 0 spiro atoms. The zero-order chi connectivity index (χ0) is 12.0. The molecular formula is C13H25N3. The van der Waals surface area contributed by atoms with E-state index in [1.54, 1.807) is 0 Å². The van der Waals surface area contributed by atoms with Gasteiger partial charge in [-0.3, -0.25) is 0 Å². The van der Waals surface area contributed by atoms with Gasteiger partial charge >= 0.3 is 0 Å². The molecule has 1 aromatic heterocycles. The average Bonchev–Trinajstić information content (AvgIpc) is 2.63. The molecule has 0 bridgehead atoms. The molecule has 1 atom stereocenters. The lowest BCUT2D eigenvalue weighted by Crippen LogP contribution is -2.31. The summed E-state index contributed by atoms with van der Waals surface area (Å²) in [7, 11) is 0. The molecule has 1 rings (SSSR count). The van der Waals surface area contributed by atoms with E-state index >= 15 is 0 Å². The third kappa shape index (κ3) is 4.35. The normalized spacial score (nSPS) is 13.3. The van der Waals surface area contributed by atoms with Crippen LogP contribution in [0.15, 0.2) is 12.4 Å². The van der Waals surface area contributed by atoms with Gasteiger partial charge in [0.15, 0.2) is 0 Å². The van der Waals surface area contributed by atoms with Gasteiger partial charge in [0.05, 0.1) is 0 Å². The van der Waals surface area contributed by atoms with Crippen molar-refractivity contribution in [3.05, 3.63) is 18.2 Å². The lowest BCUT2D eigenvalue weighted by molar-refractivity contribution is 0.417. The molecule has 0 amide bonds. The minimum absolute atomic E-state index is 0.620. The van der Waals surface area contributed by atoms with E-state index in [9.17, 15) is 0 Å². The monoisotopic (exact) mass is 223 g/mol. The van der Waals surface area contributed by atoms with Crippen molar-refractivity contribution in [3.63, 3.8) is 0 Å². The van der Waals surface area contributed by atoms with Crippen molar-refractivity contribution in [2.45, 2.75) is 53.1 Å². The summed E-state index contributed by atoms with van der Waals surface area (Å²) in [6.07, 6.45) is 6.37. The fourth-order valence-corrected chi connectivity index (χ4v) is 1.61. The number of nitrogens with one attached hydrogen (secondary N) is 1. The van der Waals surface area contributed by atoms with Crippen LogP contribution in [0.5, 0.6) is 0 Å². The second-order valence-corrected chi connectivity index (χ2v) is 4.86. The lowest BCUT2D eigenvalue weighted by Gasteiger charge is -2.17. The highest BCUT2D eigenvalue weighted by atomic mass is 15.0. The van der Waals surface area contributed by atoms with E-state index in [-0.39, 0.29) is 0 Å². The van der Waals surface area contributed by atoms with Crippen LogP contribution < -0.4 is 5.32 Å². The van der Waals surface area contributed by atoms with Crippen molar-refractivity contribution in [2.24, 2.45) is 5.92 Å². The number of aromatic nitrogens is 2. The molecule has 0 aromatic carbocycles. The van der Waals surface area contributed by atoms with E-state index in [2.05, 4.69) is 48.8 Å². The number of hydrogen-bond acceptors (Lipinski definition) is 2. The number of imidazole rings is 1. The van der Waals surface area contributed by atoms with Crippen molar-refractivity contribution in [2.75, 3.05) is 6.54 Å². The molecule has 0 aliphatic heterocycles. The van der Waals surface area contributed by atoms with Crippen LogP contribution >= 0.6 is 0 Å². The lowest BCUT2D eigenvalue weighted by atomic mass is 10.1. The van der Waals surface area contributed by atoms with Gasteiger partial charge < -0.3 is 9.88 Å². The summed E-state index contributed by atoms with van der Waals surface area (Å²) >= 11 is 0. The van der Waals surface area contributed by atoms with E-state index in [0.717, 1.165) is 24.8 Å². The molecule has 16 heavy (non-hydrogen) atoms. The van der Waals surface area contributed by atoms with Crippen LogP contribution in [0.25, 0.3) is 0 Å². The van der Waals surface area contributed by atoms with Crippen molar-refractivity contribution < 1.29 is 0 Å². The molecule has 3 nitrogen and oxygen atoms in total. The van der Waals surface area contributed by atoms with Gasteiger partial charge in [0.1, 0.15) is 5.82 Å². The minimum Gasteiger partial charge on any atom is -0.335 e. The van der Waals surface area contributed by atoms with Crippen LogP contribution in [0.2, 0.25) is 0 Å². The molecule has 1 N–H and O–H groups in total. The Morgan fingerprint density at radius 2 is 2.06 bits per heavy atom. The van der Waals surface area contributed by atoms with Crippen LogP contribution in [0.3, 0.4) is 0 Å². The number of nitrogens with zero attached hydrogens (tertiary/aromatic N) is 2. The molecule has 1 aromatic rings. The quantitative estimate of drug-likeness (QED) is 0.720. The second-order valence-electron chi connectivity index (χ2n) is 4.86. The summed E-state index contributed by atoms with van der Waals surface area (Å²) in [5.41, 5.74) is 0. The predicted molar refractivity (Wildman–Crippen MR) is 68.5 cm³/mol. The SMILES string of the molecule is Cc1nccn1CCCCNC(C)C(C)C.